The smallest absolute Gasteiger partial charge is 0.327 e. The van der Waals surface area contributed by atoms with E-state index in [9.17, 15) is 18.4 Å². The van der Waals surface area contributed by atoms with Gasteiger partial charge in [0.25, 0.3) is 0 Å². The molecule has 0 radical (unpaired) electrons. The van der Waals surface area contributed by atoms with Gasteiger partial charge >= 0.3 is 12.0 Å². The summed E-state index contributed by atoms with van der Waals surface area (Å²) < 4.78 is 25.9. The summed E-state index contributed by atoms with van der Waals surface area (Å²) in [6.07, 6.45) is 4.80. The molecule has 0 aromatic heterocycles. The number of rotatable bonds is 5. The molecule has 0 aliphatic rings. The molecule has 0 fully saturated rings. The van der Waals surface area contributed by atoms with Crippen LogP contribution in [0.25, 0.3) is 0 Å². The normalized spacial score (nSPS) is 11.2. The lowest BCUT2D eigenvalue weighted by atomic mass is 10.2. The summed E-state index contributed by atoms with van der Waals surface area (Å²) in [4.78, 5) is 22.2. The van der Waals surface area contributed by atoms with Crippen LogP contribution >= 0.6 is 0 Å². The highest BCUT2D eigenvalue weighted by Crippen LogP contribution is 2.08. The van der Waals surface area contributed by atoms with Crippen molar-refractivity contribution in [3.63, 3.8) is 0 Å². The van der Waals surface area contributed by atoms with Crippen molar-refractivity contribution >= 4 is 12.0 Å². The van der Waals surface area contributed by atoms with Crippen molar-refractivity contribution < 1.29 is 23.5 Å². The Morgan fingerprint density at radius 3 is 2.65 bits per heavy atom. The van der Waals surface area contributed by atoms with E-state index in [1.165, 1.54) is 6.07 Å². The van der Waals surface area contributed by atoms with Gasteiger partial charge in [-0.25, -0.2) is 18.4 Å². The number of terminal acetylenes is 1. The second kappa shape index (κ2) is 7.09. The minimum Gasteiger partial charge on any atom is -0.480 e. The van der Waals surface area contributed by atoms with Gasteiger partial charge < -0.3 is 15.7 Å². The first-order valence-corrected chi connectivity index (χ1v) is 5.58. The van der Waals surface area contributed by atoms with Crippen molar-refractivity contribution in [2.24, 2.45) is 0 Å². The highest BCUT2D eigenvalue weighted by atomic mass is 19.1. The number of halogens is 2. The number of carbonyl (C=O) groups is 2. The van der Waals surface area contributed by atoms with Crippen molar-refractivity contribution in [3.05, 3.63) is 35.4 Å². The van der Waals surface area contributed by atoms with Crippen LogP contribution in [0.4, 0.5) is 13.6 Å². The second-order valence-electron chi connectivity index (χ2n) is 3.86. The maximum absolute atomic E-state index is 13.3. The van der Waals surface area contributed by atoms with Crippen molar-refractivity contribution in [3.8, 4) is 12.3 Å². The molecule has 3 N–H and O–H groups in total. The van der Waals surface area contributed by atoms with Crippen LogP contribution in [0.3, 0.4) is 0 Å². The second-order valence-corrected chi connectivity index (χ2v) is 3.86. The summed E-state index contributed by atoms with van der Waals surface area (Å²) >= 11 is 0. The molecule has 1 atom stereocenters. The zero-order valence-corrected chi connectivity index (χ0v) is 10.3. The number of carboxylic acid groups (broad SMARTS) is 1. The van der Waals surface area contributed by atoms with Crippen LogP contribution in [0.1, 0.15) is 12.0 Å². The zero-order valence-electron chi connectivity index (χ0n) is 10.3. The van der Waals surface area contributed by atoms with Gasteiger partial charge in [0.15, 0.2) is 0 Å². The first kappa shape index (κ1) is 15.4. The lowest BCUT2D eigenvalue weighted by Crippen LogP contribution is -2.45. The van der Waals surface area contributed by atoms with Gasteiger partial charge in [-0.2, -0.15) is 0 Å². The fourth-order valence-corrected chi connectivity index (χ4v) is 1.37. The number of urea groups is 1. The van der Waals surface area contributed by atoms with Crippen LogP contribution in [0, 0.1) is 24.0 Å². The summed E-state index contributed by atoms with van der Waals surface area (Å²) in [5.74, 6) is -0.682. The number of hydrogen-bond acceptors (Lipinski definition) is 2. The fourth-order valence-electron chi connectivity index (χ4n) is 1.37. The van der Waals surface area contributed by atoms with Crippen molar-refractivity contribution in [1.29, 1.82) is 0 Å². The summed E-state index contributed by atoms with van der Waals surface area (Å²) in [6.45, 7) is -0.208. The largest absolute Gasteiger partial charge is 0.480 e. The third kappa shape index (κ3) is 4.57. The van der Waals surface area contributed by atoms with Gasteiger partial charge in [0.1, 0.15) is 17.7 Å². The Labute approximate surface area is 114 Å². The highest BCUT2D eigenvalue weighted by molar-refractivity contribution is 5.82. The van der Waals surface area contributed by atoms with E-state index in [2.05, 4.69) is 16.6 Å². The number of amides is 2. The average Bonchev–Trinajstić information content (AvgIpc) is 2.37. The van der Waals surface area contributed by atoms with E-state index >= 15 is 0 Å². The van der Waals surface area contributed by atoms with Gasteiger partial charge in [-0.3, -0.25) is 0 Å². The van der Waals surface area contributed by atoms with Gasteiger partial charge in [0.05, 0.1) is 0 Å². The van der Waals surface area contributed by atoms with Crippen LogP contribution < -0.4 is 10.6 Å². The van der Waals surface area contributed by atoms with Crippen LogP contribution in [-0.2, 0) is 11.3 Å². The van der Waals surface area contributed by atoms with E-state index < -0.39 is 29.7 Å². The van der Waals surface area contributed by atoms with Crippen LogP contribution in [0.5, 0.6) is 0 Å². The molecule has 106 valence electrons. The molecule has 0 spiro atoms. The molecule has 0 saturated heterocycles. The van der Waals surface area contributed by atoms with E-state index in [0.717, 1.165) is 6.07 Å². The monoisotopic (exact) mass is 282 g/mol. The Balaban J connectivity index is 2.55. The van der Waals surface area contributed by atoms with E-state index in [-0.39, 0.29) is 18.5 Å². The van der Waals surface area contributed by atoms with E-state index in [4.69, 9.17) is 11.5 Å². The third-order valence-corrected chi connectivity index (χ3v) is 2.38. The number of carbonyl (C=O) groups excluding carboxylic acids is 1. The molecule has 0 aliphatic carbocycles. The van der Waals surface area contributed by atoms with E-state index in [1.54, 1.807) is 0 Å². The molecule has 20 heavy (non-hydrogen) atoms. The molecule has 0 aliphatic heterocycles. The fraction of sp³-hybridized carbons (Fsp3) is 0.231. The van der Waals surface area contributed by atoms with Crippen LogP contribution in [0.15, 0.2) is 18.2 Å². The first-order valence-electron chi connectivity index (χ1n) is 5.58. The number of carboxylic acids is 1. The third-order valence-electron chi connectivity index (χ3n) is 2.38. The van der Waals surface area contributed by atoms with Gasteiger partial charge in [-0.1, -0.05) is 6.07 Å². The summed E-state index contributed by atoms with van der Waals surface area (Å²) in [6, 6.07) is 0.888. The molecule has 1 aromatic rings. The lowest BCUT2D eigenvalue weighted by Gasteiger charge is -2.13. The van der Waals surface area contributed by atoms with Crippen LogP contribution in [0.2, 0.25) is 0 Å². The summed E-state index contributed by atoms with van der Waals surface area (Å²) in [7, 11) is 0. The highest BCUT2D eigenvalue weighted by Gasteiger charge is 2.18. The van der Waals surface area contributed by atoms with Crippen molar-refractivity contribution in [2.75, 3.05) is 0 Å². The molecule has 7 heteroatoms. The molecular formula is C13H12F2N2O3. The Hall–Kier alpha value is -2.62. The minimum atomic E-state index is -1.27. The van der Waals surface area contributed by atoms with Crippen molar-refractivity contribution in [2.45, 2.75) is 19.0 Å². The summed E-state index contributed by atoms with van der Waals surface area (Å²) in [5, 5.41) is 13.2. The van der Waals surface area contributed by atoms with Gasteiger partial charge in [0, 0.05) is 24.6 Å². The molecule has 1 aromatic carbocycles. The summed E-state index contributed by atoms with van der Waals surface area (Å²) in [5.41, 5.74) is 0.0744. The Kier molecular flexibility index (Phi) is 5.47. The predicted molar refractivity (Wildman–Crippen MR) is 66.6 cm³/mol. The quantitative estimate of drug-likeness (QED) is 0.711. The number of benzene rings is 1. The lowest BCUT2D eigenvalue weighted by molar-refractivity contribution is -0.139. The maximum atomic E-state index is 13.3. The Bertz CT molecular complexity index is 555. The minimum absolute atomic E-state index is 0.0744. The first-order chi connectivity index (χ1) is 9.43. The molecule has 0 heterocycles. The van der Waals surface area contributed by atoms with Crippen molar-refractivity contribution in [1.82, 2.24) is 10.6 Å². The van der Waals surface area contributed by atoms with Gasteiger partial charge in [-0.05, 0) is 6.07 Å². The zero-order chi connectivity index (χ0) is 15.1. The van der Waals surface area contributed by atoms with Gasteiger partial charge in [-0.15, -0.1) is 12.3 Å². The molecular weight excluding hydrogens is 270 g/mol. The predicted octanol–water partition coefficient (Wildman–Crippen LogP) is 1.24. The molecule has 1 unspecified atom stereocenters. The SMILES string of the molecule is C#CCC(NC(=O)NCc1ccc(F)cc1F)C(=O)O. The molecule has 1 rings (SSSR count). The Morgan fingerprint density at radius 1 is 1.40 bits per heavy atom. The maximum Gasteiger partial charge on any atom is 0.327 e. The molecule has 0 saturated carbocycles. The molecule has 2 amide bonds. The van der Waals surface area contributed by atoms with Gasteiger partial charge in [0.2, 0.25) is 0 Å². The molecule has 5 nitrogen and oxygen atoms in total. The van der Waals surface area contributed by atoms with E-state index in [1.807, 2.05) is 0 Å². The molecule has 0 bridgehead atoms. The van der Waals surface area contributed by atoms with Crippen LogP contribution in [-0.4, -0.2) is 23.1 Å². The number of hydrogen-bond donors (Lipinski definition) is 3. The topological polar surface area (TPSA) is 78.4 Å². The number of aliphatic carboxylic acids is 1. The standard InChI is InChI=1S/C13H12F2N2O3/c1-2-3-11(12(18)19)17-13(20)16-7-8-4-5-9(14)6-10(8)15/h1,4-6,11H,3,7H2,(H,18,19)(H2,16,17,20). The average molecular weight is 282 g/mol. The Morgan fingerprint density at radius 2 is 2.10 bits per heavy atom. The van der Waals surface area contributed by atoms with E-state index in [0.29, 0.717) is 6.07 Å². The number of nitrogens with one attached hydrogen (secondary N) is 2.